The monoisotopic (exact) mass is 386 g/mol. The number of ether oxygens (including phenoxy) is 1. The zero-order valence-corrected chi connectivity index (χ0v) is 15.7. The van der Waals surface area contributed by atoms with Crippen LogP contribution in [0.4, 0.5) is 0 Å². The third kappa shape index (κ3) is 4.14. The molecule has 3 heterocycles. The maximum Gasteiger partial charge on any atom is 0.261 e. The van der Waals surface area contributed by atoms with Gasteiger partial charge in [-0.1, -0.05) is 24.3 Å². The second kappa shape index (κ2) is 7.93. The van der Waals surface area contributed by atoms with Crippen molar-refractivity contribution in [3.63, 3.8) is 0 Å². The molecule has 4 rings (SSSR count). The molecule has 0 spiro atoms. The summed E-state index contributed by atoms with van der Waals surface area (Å²) in [6.07, 6.45) is 3.22. The summed E-state index contributed by atoms with van der Waals surface area (Å²) in [6.45, 7) is 2.05. The van der Waals surface area contributed by atoms with Gasteiger partial charge < -0.3 is 15.0 Å². The molecule has 144 valence electrons. The molecule has 0 radical (unpaired) electrons. The van der Waals surface area contributed by atoms with Gasteiger partial charge in [0.1, 0.15) is 11.3 Å². The van der Waals surface area contributed by atoms with Crippen LogP contribution in [0.15, 0.2) is 71.8 Å². The Morgan fingerprint density at radius 2 is 1.97 bits per heavy atom. The average molecular weight is 386 g/mol. The SMILES string of the molecule is Cc1ccc(Oc2ncccc2CNC(=O)c2cc3ccccc3[nH]c2=O)cn1. The normalized spacial score (nSPS) is 10.7. The molecule has 0 fully saturated rings. The van der Waals surface area contributed by atoms with Gasteiger partial charge in [-0.2, -0.15) is 0 Å². The van der Waals surface area contributed by atoms with Gasteiger partial charge in [0, 0.05) is 29.5 Å². The highest BCUT2D eigenvalue weighted by atomic mass is 16.5. The molecule has 3 aromatic heterocycles. The number of carbonyl (C=O) groups is 1. The van der Waals surface area contributed by atoms with Gasteiger partial charge in [-0.05, 0) is 42.6 Å². The van der Waals surface area contributed by atoms with E-state index in [9.17, 15) is 9.59 Å². The number of aryl methyl sites for hydroxylation is 1. The summed E-state index contributed by atoms with van der Waals surface area (Å²) in [6, 6.07) is 16.1. The van der Waals surface area contributed by atoms with Gasteiger partial charge in [-0.25, -0.2) is 4.98 Å². The van der Waals surface area contributed by atoms with Gasteiger partial charge in [0.05, 0.1) is 6.20 Å². The molecule has 0 saturated carbocycles. The standard InChI is InChI=1S/C22H18N4O3/c1-14-8-9-17(13-24-14)29-22-16(6-4-10-23-22)12-25-20(27)18-11-15-5-2-3-7-19(15)26-21(18)28/h2-11,13H,12H2,1H3,(H,25,27)(H,26,28). The number of aromatic nitrogens is 3. The van der Waals surface area contributed by atoms with Crippen LogP contribution in [-0.4, -0.2) is 20.9 Å². The number of para-hydroxylation sites is 1. The van der Waals surface area contributed by atoms with Crippen LogP contribution in [0.5, 0.6) is 11.6 Å². The molecule has 0 aliphatic heterocycles. The Morgan fingerprint density at radius 1 is 1.10 bits per heavy atom. The van der Waals surface area contributed by atoms with E-state index in [-0.39, 0.29) is 12.1 Å². The molecule has 0 aliphatic carbocycles. The summed E-state index contributed by atoms with van der Waals surface area (Å²) < 4.78 is 5.79. The maximum absolute atomic E-state index is 12.6. The van der Waals surface area contributed by atoms with Crippen molar-refractivity contribution in [3.05, 3.63) is 94.2 Å². The number of aromatic amines is 1. The quantitative estimate of drug-likeness (QED) is 0.548. The van der Waals surface area contributed by atoms with Crippen molar-refractivity contribution in [1.82, 2.24) is 20.3 Å². The first kappa shape index (κ1) is 18.4. The smallest absolute Gasteiger partial charge is 0.261 e. The number of hydrogen-bond donors (Lipinski definition) is 2. The zero-order valence-electron chi connectivity index (χ0n) is 15.7. The number of fused-ring (bicyclic) bond motifs is 1. The van der Waals surface area contributed by atoms with Crippen molar-refractivity contribution >= 4 is 16.8 Å². The van der Waals surface area contributed by atoms with Crippen LogP contribution >= 0.6 is 0 Å². The number of nitrogens with zero attached hydrogens (tertiary/aromatic N) is 2. The van der Waals surface area contributed by atoms with Gasteiger partial charge >= 0.3 is 0 Å². The van der Waals surface area contributed by atoms with E-state index in [1.165, 1.54) is 0 Å². The summed E-state index contributed by atoms with van der Waals surface area (Å²) in [5, 5.41) is 3.55. The lowest BCUT2D eigenvalue weighted by atomic mass is 10.1. The fourth-order valence-corrected chi connectivity index (χ4v) is 2.86. The highest BCUT2D eigenvalue weighted by Gasteiger charge is 2.13. The lowest BCUT2D eigenvalue weighted by Gasteiger charge is -2.11. The molecule has 0 unspecified atom stereocenters. The number of nitrogens with one attached hydrogen (secondary N) is 2. The lowest BCUT2D eigenvalue weighted by Crippen LogP contribution is -2.29. The highest BCUT2D eigenvalue weighted by molar-refractivity contribution is 5.97. The van der Waals surface area contributed by atoms with Gasteiger partial charge in [-0.3, -0.25) is 14.6 Å². The second-order valence-electron chi connectivity index (χ2n) is 6.49. The molecule has 7 heteroatoms. The molecule has 4 aromatic rings. The summed E-state index contributed by atoms with van der Waals surface area (Å²) in [7, 11) is 0. The van der Waals surface area contributed by atoms with Crippen LogP contribution in [0.25, 0.3) is 10.9 Å². The number of benzene rings is 1. The summed E-state index contributed by atoms with van der Waals surface area (Å²) in [5.74, 6) is 0.447. The predicted octanol–water partition coefficient (Wildman–Crippen LogP) is 3.35. The molecule has 0 atom stereocenters. The Labute approximate surface area is 166 Å². The van der Waals surface area contributed by atoms with Gasteiger partial charge in [-0.15, -0.1) is 0 Å². The van der Waals surface area contributed by atoms with E-state index in [1.54, 1.807) is 42.7 Å². The van der Waals surface area contributed by atoms with Crippen LogP contribution in [-0.2, 0) is 6.54 Å². The minimum Gasteiger partial charge on any atom is -0.437 e. The third-order valence-electron chi connectivity index (χ3n) is 4.39. The van der Waals surface area contributed by atoms with Crippen molar-refractivity contribution in [1.29, 1.82) is 0 Å². The van der Waals surface area contributed by atoms with E-state index in [0.29, 0.717) is 22.7 Å². The minimum absolute atomic E-state index is 0.0535. The predicted molar refractivity (Wildman–Crippen MR) is 109 cm³/mol. The fourth-order valence-electron chi connectivity index (χ4n) is 2.86. The minimum atomic E-state index is -0.469. The first-order chi connectivity index (χ1) is 14.1. The van der Waals surface area contributed by atoms with E-state index in [0.717, 1.165) is 11.1 Å². The fraction of sp³-hybridized carbons (Fsp3) is 0.0909. The number of carbonyl (C=O) groups excluding carboxylic acids is 1. The molecular formula is C22H18N4O3. The zero-order chi connectivity index (χ0) is 20.2. The van der Waals surface area contributed by atoms with E-state index in [2.05, 4.69) is 20.3 Å². The van der Waals surface area contributed by atoms with Crippen LogP contribution < -0.4 is 15.6 Å². The largest absolute Gasteiger partial charge is 0.437 e. The van der Waals surface area contributed by atoms with Crippen molar-refractivity contribution in [2.45, 2.75) is 13.5 Å². The summed E-state index contributed by atoms with van der Waals surface area (Å²) in [4.78, 5) is 36.0. The Hall–Kier alpha value is -4.00. The summed E-state index contributed by atoms with van der Waals surface area (Å²) >= 11 is 0. The van der Waals surface area contributed by atoms with Crippen molar-refractivity contribution in [2.24, 2.45) is 0 Å². The first-order valence-electron chi connectivity index (χ1n) is 9.05. The Balaban J connectivity index is 1.52. The molecule has 2 N–H and O–H groups in total. The topological polar surface area (TPSA) is 97.0 Å². The van der Waals surface area contributed by atoms with E-state index in [1.807, 2.05) is 31.2 Å². The third-order valence-corrected chi connectivity index (χ3v) is 4.39. The number of hydrogen-bond acceptors (Lipinski definition) is 5. The van der Waals surface area contributed by atoms with E-state index in [4.69, 9.17) is 4.74 Å². The molecule has 7 nitrogen and oxygen atoms in total. The van der Waals surface area contributed by atoms with Crippen molar-refractivity contribution < 1.29 is 9.53 Å². The number of pyridine rings is 3. The van der Waals surface area contributed by atoms with Crippen LogP contribution in [0, 0.1) is 6.92 Å². The molecule has 29 heavy (non-hydrogen) atoms. The van der Waals surface area contributed by atoms with Crippen molar-refractivity contribution in [2.75, 3.05) is 0 Å². The number of rotatable bonds is 5. The average Bonchev–Trinajstić information content (AvgIpc) is 2.74. The van der Waals surface area contributed by atoms with Crippen LogP contribution in [0.3, 0.4) is 0 Å². The number of amides is 1. The van der Waals surface area contributed by atoms with Crippen LogP contribution in [0.2, 0.25) is 0 Å². The van der Waals surface area contributed by atoms with E-state index < -0.39 is 11.5 Å². The number of H-pyrrole nitrogens is 1. The molecule has 1 amide bonds. The molecule has 0 aliphatic rings. The summed E-state index contributed by atoms with van der Waals surface area (Å²) in [5.41, 5.74) is 1.86. The first-order valence-corrected chi connectivity index (χ1v) is 9.05. The van der Waals surface area contributed by atoms with Gasteiger partial charge in [0.15, 0.2) is 0 Å². The Bertz CT molecular complexity index is 1230. The maximum atomic E-state index is 12.6. The molecule has 0 bridgehead atoms. The van der Waals surface area contributed by atoms with Crippen molar-refractivity contribution in [3.8, 4) is 11.6 Å². The molecular weight excluding hydrogens is 368 g/mol. The Kier molecular flexibility index (Phi) is 5.03. The lowest BCUT2D eigenvalue weighted by molar-refractivity contribution is 0.0949. The molecule has 1 aromatic carbocycles. The Morgan fingerprint density at radius 3 is 2.79 bits per heavy atom. The van der Waals surface area contributed by atoms with E-state index >= 15 is 0 Å². The highest BCUT2D eigenvalue weighted by Crippen LogP contribution is 2.22. The molecule has 0 saturated heterocycles. The second-order valence-corrected chi connectivity index (χ2v) is 6.49. The van der Waals surface area contributed by atoms with Gasteiger partial charge in [0.2, 0.25) is 5.88 Å². The van der Waals surface area contributed by atoms with Gasteiger partial charge in [0.25, 0.3) is 11.5 Å². The van der Waals surface area contributed by atoms with Crippen LogP contribution in [0.1, 0.15) is 21.6 Å².